The number of likely N-dealkylation sites (N-methyl/N-ethyl adjacent to an activating group) is 1. The molecule has 132 valence electrons. The van der Waals surface area contributed by atoms with E-state index < -0.39 is 0 Å². The average Bonchev–Trinajstić information content (AvgIpc) is 2.37. The number of aliphatic hydroxyl groups excluding tert-OH is 1. The second kappa shape index (κ2) is 13.3. The van der Waals surface area contributed by atoms with Crippen molar-refractivity contribution >= 4 is 11.8 Å². The fraction of sp³-hybridized carbons (Fsp3) is 0.750. The Morgan fingerprint density at radius 1 is 1.32 bits per heavy atom. The first-order chi connectivity index (χ1) is 9.29. The Bertz CT molecular complexity index is 343. The summed E-state index contributed by atoms with van der Waals surface area (Å²) in [6.45, 7) is 9.78. The molecule has 0 aromatic carbocycles. The van der Waals surface area contributed by atoms with Crippen LogP contribution >= 0.6 is 0 Å². The van der Waals surface area contributed by atoms with Gasteiger partial charge in [-0.25, -0.2) is 0 Å². The number of ether oxygens (including phenoxy) is 1. The predicted molar refractivity (Wildman–Crippen MR) is 90.3 cm³/mol. The summed E-state index contributed by atoms with van der Waals surface area (Å²) in [6.07, 6.45) is 0. The summed E-state index contributed by atoms with van der Waals surface area (Å²) in [4.78, 5) is 24.1. The lowest BCUT2D eigenvalue weighted by atomic mass is 9.92. The van der Waals surface area contributed by atoms with E-state index in [1.165, 1.54) is 11.8 Å². The minimum atomic E-state index is -0.358. The van der Waals surface area contributed by atoms with Gasteiger partial charge in [-0.3, -0.25) is 9.59 Å². The molecule has 2 N–H and O–H groups in total. The van der Waals surface area contributed by atoms with Gasteiger partial charge in [-0.2, -0.15) is 0 Å². The van der Waals surface area contributed by atoms with Crippen LogP contribution in [0.2, 0.25) is 0 Å². The van der Waals surface area contributed by atoms with Crippen molar-refractivity contribution in [1.82, 2.24) is 10.2 Å². The second-order valence-corrected chi connectivity index (χ2v) is 5.11. The molecule has 0 aromatic rings. The highest BCUT2D eigenvalue weighted by molar-refractivity contribution is 5.83. The second-order valence-electron chi connectivity index (χ2n) is 5.11. The molecule has 0 heterocycles. The smallest absolute Gasteiger partial charge is 0.239 e. The molecule has 6 heteroatoms. The third-order valence-corrected chi connectivity index (χ3v) is 3.14. The maximum Gasteiger partial charge on any atom is 0.239 e. The predicted octanol–water partition coefficient (Wildman–Crippen LogP) is 1.65. The Kier molecular flexibility index (Phi) is 15.4. The Hall–Kier alpha value is -1.40. The van der Waals surface area contributed by atoms with E-state index in [9.17, 15) is 9.59 Å². The maximum absolute atomic E-state index is 11.7. The molecule has 22 heavy (non-hydrogen) atoms. The molecule has 0 aliphatic heterocycles. The molecule has 0 aliphatic carbocycles. The largest absolute Gasteiger partial charge is 0.371 e. The lowest BCUT2D eigenvalue weighted by molar-refractivity contribution is -0.133. The third-order valence-electron chi connectivity index (χ3n) is 3.14. The Morgan fingerprint density at radius 2 is 1.86 bits per heavy atom. The van der Waals surface area contributed by atoms with E-state index in [4.69, 9.17) is 9.84 Å². The molecule has 1 atom stereocenters. The van der Waals surface area contributed by atoms with Crippen LogP contribution in [0.4, 0.5) is 0 Å². The van der Waals surface area contributed by atoms with Gasteiger partial charge in [0, 0.05) is 26.4 Å². The van der Waals surface area contributed by atoms with E-state index in [1.54, 1.807) is 7.05 Å². The van der Waals surface area contributed by atoms with Gasteiger partial charge in [0.05, 0.1) is 13.2 Å². The first-order valence-corrected chi connectivity index (χ1v) is 6.65. The molecule has 0 spiro atoms. The van der Waals surface area contributed by atoms with E-state index in [0.717, 1.165) is 5.57 Å². The van der Waals surface area contributed by atoms with Crippen LogP contribution in [0.15, 0.2) is 12.2 Å². The molecule has 0 saturated heterocycles. The normalized spacial score (nSPS) is 11.0. The first-order valence-electron chi connectivity index (χ1n) is 6.65. The number of carbonyl (C=O) groups excluding carboxylic acids is 2. The SMILES string of the molecule is C.C.C=C(C(C)C)C(CNC(=O)CN(C)C(C)=O)COCO. The lowest BCUT2D eigenvalue weighted by Gasteiger charge is -2.23. The van der Waals surface area contributed by atoms with Crippen LogP contribution in [0.25, 0.3) is 0 Å². The highest BCUT2D eigenvalue weighted by Crippen LogP contribution is 2.17. The molecule has 6 nitrogen and oxygen atoms in total. The number of hydrogen-bond donors (Lipinski definition) is 2. The van der Waals surface area contributed by atoms with Crippen LogP contribution in [0.3, 0.4) is 0 Å². The van der Waals surface area contributed by atoms with E-state index in [0.29, 0.717) is 13.2 Å². The Labute approximate surface area is 135 Å². The molecule has 0 rings (SSSR count). The summed E-state index contributed by atoms with van der Waals surface area (Å²) in [5.41, 5.74) is 0.957. The van der Waals surface area contributed by atoms with Gasteiger partial charge in [-0.15, -0.1) is 0 Å². The fourth-order valence-electron chi connectivity index (χ4n) is 1.58. The minimum absolute atomic E-state index is 0. The van der Waals surface area contributed by atoms with Crippen LogP contribution in [-0.2, 0) is 14.3 Å². The number of rotatable bonds is 9. The Balaban J connectivity index is -0.00000180. The molecule has 2 amide bonds. The molecular formula is C16H34N2O4. The van der Waals surface area contributed by atoms with Crippen molar-refractivity contribution in [2.45, 2.75) is 35.6 Å². The van der Waals surface area contributed by atoms with Gasteiger partial charge in [0.2, 0.25) is 11.8 Å². The van der Waals surface area contributed by atoms with Crippen molar-refractivity contribution in [2.24, 2.45) is 11.8 Å². The van der Waals surface area contributed by atoms with Gasteiger partial charge in [0.1, 0.15) is 6.79 Å². The molecule has 0 saturated carbocycles. The summed E-state index contributed by atoms with van der Waals surface area (Å²) < 4.78 is 5.00. The van der Waals surface area contributed by atoms with Crippen molar-refractivity contribution in [3.8, 4) is 0 Å². The van der Waals surface area contributed by atoms with E-state index in [1.807, 2.05) is 13.8 Å². The summed E-state index contributed by atoms with van der Waals surface area (Å²) in [6, 6.07) is 0. The zero-order valence-electron chi connectivity index (χ0n) is 12.8. The van der Waals surface area contributed by atoms with E-state index in [-0.39, 0.29) is 51.8 Å². The quantitative estimate of drug-likeness (QED) is 0.500. The van der Waals surface area contributed by atoms with Gasteiger partial charge in [-0.1, -0.05) is 40.9 Å². The maximum atomic E-state index is 11.7. The molecule has 0 radical (unpaired) electrons. The van der Waals surface area contributed by atoms with Gasteiger partial charge < -0.3 is 20.1 Å². The number of aliphatic hydroxyl groups is 1. The third kappa shape index (κ3) is 10.3. The Morgan fingerprint density at radius 3 is 2.27 bits per heavy atom. The number of hydrogen-bond acceptors (Lipinski definition) is 4. The highest BCUT2D eigenvalue weighted by atomic mass is 16.6. The number of carbonyl (C=O) groups is 2. The molecule has 0 fully saturated rings. The van der Waals surface area contributed by atoms with Crippen LogP contribution in [0, 0.1) is 11.8 Å². The molecule has 1 unspecified atom stereocenters. The van der Waals surface area contributed by atoms with Gasteiger partial charge >= 0.3 is 0 Å². The molecule has 0 aliphatic rings. The van der Waals surface area contributed by atoms with Gasteiger partial charge in [0.25, 0.3) is 0 Å². The fourth-order valence-corrected chi connectivity index (χ4v) is 1.58. The summed E-state index contributed by atoms with van der Waals surface area (Å²) in [7, 11) is 1.57. The molecular weight excluding hydrogens is 284 g/mol. The van der Waals surface area contributed by atoms with Crippen LogP contribution in [0.1, 0.15) is 35.6 Å². The topological polar surface area (TPSA) is 78.9 Å². The van der Waals surface area contributed by atoms with Gasteiger partial charge in [0.15, 0.2) is 0 Å². The van der Waals surface area contributed by atoms with Crippen molar-refractivity contribution in [2.75, 3.05) is 33.5 Å². The van der Waals surface area contributed by atoms with Crippen LogP contribution < -0.4 is 5.32 Å². The molecule has 0 bridgehead atoms. The van der Waals surface area contributed by atoms with Crippen molar-refractivity contribution in [3.05, 3.63) is 12.2 Å². The molecule has 0 aromatic heterocycles. The number of amides is 2. The van der Waals surface area contributed by atoms with E-state index in [2.05, 4.69) is 11.9 Å². The monoisotopic (exact) mass is 318 g/mol. The number of nitrogens with zero attached hydrogens (tertiary/aromatic N) is 1. The summed E-state index contributed by atoms with van der Waals surface area (Å²) in [5, 5.41) is 11.5. The first kappa shape index (κ1) is 25.5. The highest BCUT2D eigenvalue weighted by Gasteiger charge is 2.17. The van der Waals surface area contributed by atoms with Gasteiger partial charge in [-0.05, 0) is 5.92 Å². The zero-order chi connectivity index (χ0) is 15.7. The standard InChI is InChI=1S/C14H26N2O4.2CH4/c1-10(2)11(3)13(8-20-9-17)6-15-14(19)7-16(5)12(4)18;;/h10,13,17H,3,6-9H2,1-2,4-5H3,(H,15,19);2*1H4. The van der Waals surface area contributed by atoms with Crippen LogP contribution in [0.5, 0.6) is 0 Å². The van der Waals surface area contributed by atoms with Crippen LogP contribution in [-0.4, -0.2) is 55.4 Å². The average molecular weight is 318 g/mol. The van der Waals surface area contributed by atoms with Crippen molar-refractivity contribution in [3.63, 3.8) is 0 Å². The number of nitrogens with one attached hydrogen (secondary N) is 1. The minimum Gasteiger partial charge on any atom is -0.371 e. The van der Waals surface area contributed by atoms with Crippen molar-refractivity contribution < 1.29 is 19.4 Å². The zero-order valence-corrected chi connectivity index (χ0v) is 12.8. The summed E-state index contributed by atoms with van der Waals surface area (Å²) in [5.74, 6) is -0.187. The van der Waals surface area contributed by atoms with Crippen molar-refractivity contribution in [1.29, 1.82) is 0 Å². The lowest BCUT2D eigenvalue weighted by Crippen LogP contribution is -2.40. The van der Waals surface area contributed by atoms with E-state index >= 15 is 0 Å². The summed E-state index contributed by atoms with van der Waals surface area (Å²) >= 11 is 0.